The van der Waals surface area contributed by atoms with Crippen LogP contribution in [0.4, 0.5) is 0 Å². The maximum absolute atomic E-state index is 13.2. The van der Waals surface area contributed by atoms with Gasteiger partial charge in [-0.2, -0.15) is 0 Å². The summed E-state index contributed by atoms with van der Waals surface area (Å²) in [5.41, 5.74) is 13.4. The smallest absolute Gasteiger partial charge is 0.303 e. The summed E-state index contributed by atoms with van der Waals surface area (Å²) in [5.74, 6) is -2.18. The van der Waals surface area contributed by atoms with Gasteiger partial charge in [0.25, 0.3) is 11.8 Å². The fourth-order valence-corrected chi connectivity index (χ4v) is 6.94. The third-order valence-corrected chi connectivity index (χ3v) is 9.83. The van der Waals surface area contributed by atoms with Crippen molar-refractivity contribution >= 4 is 74.1 Å². The van der Waals surface area contributed by atoms with E-state index in [4.69, 9.17) is 9.97 Å². The molecule has 0 aliphatic carbocycles. The number of fused-ring (bicyclic) bond motifs is 8. The predicted octanol–water partition coefficient (Wildman–Crippen LogP) is 6.81. The average Bonchev–Trinajstić information content (AvgIpc) is 3.82. The number of hydrogen-bond donors (Lipinski definition) is 4. The number of carboxylic acid groups (broad SMARTS) is 1. The quantitative estimate of drug-likeness (QED) is 0.171. The summed E-state index contributed by atoms with van der Waals surface area (Å²) < 4.78 is 0. The molecule has 3 amide bonds. The molecule has 3 aliphatic heterocycles. The first-order valence-electron chi connectivity index (χ1n) is 16.8. The number of nitrogens with one attached hydrogen (secondary N) is 3. The van der Waals surface area contributed by atoms with E-state index in [1.807, 2.05) is 58.0 Å². The number of imide groups is 1. The van der Waals surface area contributed by atoms with E-state index in [1.54, 1.807) is 13.0 Å². The number of carbonyl (C=O) groups is 4. The molecule has 0 spiro atoms. The second-order valence-corrected chi connectivity index (χ2v) is 13.0. The molecular weight excluding hydrogens is 644 g/mol. The minimum absolute atomic E-state index is 0.0530. The van der Waals surface area contributed by atoms with Crippen LogP contribution in [0.1, 0.15) is 85.1 Å². The van der Waals surface area contributed by atoms with Crippen molar-refractivity contribution in [1.29, 1.82) is 0 Å². The molecule has 6 heterocycles. The first-order chi connectivity index (χ1) is 24.3. The Kier molecular flexibility index (Phi) is 9.31. The predicted molar refractivity (Wildman–Crippen MR) is 200 cm³/mol. The highest BCUT2D eigenvalue weighted by molar-refractivity contribution is 6.13. The lowest BCUT2D eigenvalue weighted by atomic mass is 9.99. The Bertz CT molecular complexity index is 2320. The van der Waals surface area contributed by atoms with Gasteiger partial charge in [-0.15, -0.1) is 0 Å². The number of allylic oxidation sites excluding steroid dienone is 5. The van der Waals surface area contributed by atoms with Crippen molar-refractivity contribution in [1.82, 2.24) is 30.2 Å². The molecule has 0 fully saturated rings. The number of carboxylic acids is 1. The second kappa shape index (κ2) is 13.7. The minimum Gasteiger partial charge on any atom is -0.481 e. The monoisotopic (exact) mass is 684 g/mol. The summed E-state index contributed by atoms with van der Waals surface area (Å²) in [7, 11) is 0. The van der Waals surface area contributed by atoms with Crippen LogP contribution in [-0.4, -0.2) is 59.8 Å². The molecule has 11 nitrogen and oxygen atoms in total. The fourth-order valence-electron chi connectivity index (χ4n) is 6.94. The number of aliphatic carboxylic acids is 1. The van der Waals surface area contributed by atoms with E-state index in [0.29, 0.717) is 24.2 Å². The van der Waals surface area contributed by atoms with Crippen LogP contribution in [0.25, 0.3) is 50.4 Å². The Labute approximate surface area is 295 Å². The molecule has 0 radical (unpaired) electrons. The molecule has 0 aromatic carbocycles. The Morgan fingerprint density at radius 1 is 0.804 bits per heavy atom. The van der Waals surface area contributed by atoms with Crippen molar-refractivity contribution in [2.45, 2.75) is 66.5 Å². The zero-order valence-corrected chi connectivity index (χ0v) is 29.4. The molecule has 6 rings (SSSR count). The number of hydrogen-bond acceptors (Lipinski definition) is 6. The minimum atomic E-state index is -0.900. The normalized spacial score (nSPS) is 14.8. The standard InChI is InChI=1S/C40H40N6O5/c1-8-25-20(3)29-16-30-22(5)27(10-12-37(47)41-24(7)46-38(48)13-14-39(46)49)35(44-30)19-36-28(11-15-40(50)51)23(6)32(45-36)18-34-26(9-2)21(4)31(43-34)17-33(25)42-29/h8-9,13-14,16-19,24,43,45H,1-2,10-12,15H2,3-7H3,(H,41,47)(H,50,51). The lowest BCUT2D eigenvalue weighted by molar-refractivity contribution is -0.141. The van der Waals surface area contributed by atoms with Crippen molar-refractivity contribution in [3.63, 3.8) is 0 Å². The molecular formula is C40H40N6O5. The first-order valence-corrected chi connectivity index (χ1v) is 16.8. The SMILES string of the molecule is C=CC1=C(C)c2cc3nc(cc4[nH]c(cc5[nH]c(cc1n2)c(C)c5C=C)c(C)c4CCC(=O)O)C(CCC(=O)NC(C)N1C(=O)C=CC1=O)=C3C. The van der Waals surface area contributed by atoms with E-state index in [9.17, 15) is 24.3 Å². The molecule has 0 saturated carbocycles. The number of carbonyl (C=O) groups excluding carboxylic acids is 3. The molecule has 3 aromatic rings. The number of rotatable bonds is 10. The molecule has 51 heavy (non-hydrogen) atoms. The third-order valence-electron chi connectivity index (χ3n) is 9.83. The molecule has 1 atom stereocenters. The highest BCUT2D eigenvalue weighted by Gasteiger charge is 2.29. The van der Waals surface area contributed by atoms with Crippen LogP contribution in [0, 0.1) is 13.8 Å². The molecule has 1 unspecified atom stereocenters. The largest absolute Gasteiger partial charge is 0.481 e. The van der Waals surface area contributed by atoms with E-state index < -0.39 is 23.9 Å². The number of aromatic nitrogens is 4. The lowest BCUT2D eigenvalue weighted by Crippen LogP contribution is -2.49. The van der Waals surface area contributed by atoms with E-state index in [1.165, 1.54) is 12.2 Å². The van der Waals surface area contributed by atoms with Gasteiger partial charge in [-0.05, 0) is 105 Å². The van der Waals surface area contributed by atoms with Gasteiger partial charge in [-0.1, -0.05) is 25.3 Å². The first kappa shape index (κ1) is 34.8. The Hall–Kier alpha value is -6.10. The summed E-state index contributed by atoms with van der Waals surface area (Å²) in [5, 5.41) is 12.4. The van der Waals surface area contributed by atoms with Crippen LogP contribution in [0.2, 0.25) is 0 Å². The zero-order valence-electron chi connectivity index (χ0n) is 29.4. The van der Waals surface area contributed by atoms with Crippen LogP contribution in [-0.2, 0) is 25.6 Å². The van der Waals surface area contributed by atoms with Gasteiger partial charge in [0.05, 0.1) is 22.8 Å². The van der Waals surface area contributed by atoms with Crippen molar-refractivity contribution in [3.05, 3.63) is 101 Å². The molecule has 11 heteroatoms. The Balaban J connectivity index is 1.54. The highest BCUT2D eigenvalue weighted by atomic mass is 16.4. The molecule has 8 bridgehead atoms. The van der Waals surface area contributed by atoms with Gasteiger partial charge in [-0.25, -0.2) is 9.97 Å². The van der Waals surface area contributed by atoms with Crippen LogP contribution in [0.15, 0.2) is 55.7 Å². The summed E-state index contributed by atoms with van der Waals surface area (Å²) in [6.45, 7) is 17.7. The van der Waals surface area contributed by atoms with E-state index in [-0.39, 0.29) is 18.7 Å². The Morgan fingerprint density at radius 2 is 1.43 bits per heavy atom. The van der Waals surface area contributed by atoms with E-state index in [0.717, 1.165) is 82.9 Å². The van der Waals surface area contributed by atoms with E-state index >= 15 is 0 Å². The van der Waals surface area contributed by atoms with Crippen molar-refractivity contribution in [2.24, 2.45) is 0 Å². The van der Waals surface area contributed by atoms with Crippen molar-refractivity contribution < 1.29 is 24.3 Å². The van der Waals surface area contributed by atoms with Gasteiger partial charge < -0.3 is 20.4 Å². The van der Waals surface area contributed by atoms with Gasteiger partial charge in [0.15, 0.2) is 0 Å². The molecule has 3 aliphatic rings. The van der Waals surface area contributed by atoms with Crippen LogP contribution in [0.5, 0.6) is 0 Å². The number of aromatic amines is 2. The Morgan fingerprint density at radius 3 is 2.10 bits per heavy atom. The number of aryl methyl sites for hydroxylation is 3. The number of nitrogens with zero attached hydrogens (tertiary/aromatic N) is 3. The average molecular weight is 685 g/mol. The lowest BCUT2D eigenvalue weighted by Gasteiger charge is -2.23. The summed E-state index contributed by atoms with van der Waals surface area (Å²) in [4.78, 5) is 67.3. The molecule has 260 valence electrons. The molecule has 4 N–H and O–H groups in total. The van der Waals surface area contributed by atoms with E-state index in [2.05, 4.69) is 28.4 Å². The maximum atomic E-state index is 13.2. The van der Waals surface area contributed by atoms with Gasteiger partial charge in [0.2, 0.25) is 5.91 Å². The highest BCUT2D eigenvalue weighted by Crippen LogP contribution is 2.37. The van der Waals surface area contributed by atoms with Gasteiger partial charge in [0.1, 0.15) is 6.17 Å². The second-order valence-electron chi connectivity index (χ2n) is 13.0. The van der Waals surface area contributed by atoms with Gasteiger partial charge >= 0.3 is 5.97 Å². The van der Waals surface area contributed by atoms with Crippen LogP contribution in [0.3, 0.4) is 0 Å². The summed E-state index contributed by atoms with van der Waals surface area (Å²) >= 11 is 0. The van der Waals surface area contributed by atoms with Crippen molar-refractivity contribution in [2.75, 3.05) is 0 Å². The molecule has 3 aromatic heterocycles. The topological polar surface area (TPSA) is 161 Å². The van der Waals surface area contributed by atoms with Gasteiger partial charge in [0, 0.05) is 58.2 Å². The van der Waals surface area contributed by atoms with Crippen LogP contribution >= 0.6 is 0 Å². The number of amides is 3. The van der Waals surface area contributed by atoms with Gasteiger partial charge in [-0.3, -0.25) is 24.1 Å². The fraction of sp³-hybridized carbons (Fsp3) is 0.250. The summed E-state index contributed by atoms with van der Waals surface area (Å²) in [6, 6.07) is 7.87. The molecule has 0 saturated heterocycles. The van der Waals surface area contributed by atoms with Crippen molar-refractivity contribution in [3.8, 4) is 0 Å². The van der Waals surface area contributed by atoms with Crippen LogP contribution < -0.4 is 5.32 Å². The summed E-state index contributed by atoms with van der Waals surface area (Å²) in [6.07, 6.45) is 5.81. The maximum Gasteiger partial charge on any atom is 0.303 e. The third kappa shape index (κ3) is 6.50. The number of H-pyrrole nitrogens is 2. The zero-order chi connectivity index (χ0) is 36.7.